The number of pyridine rings is 1. The van der Waals surface area contributed by atoms with Crippen LogP contribution in [0.15, 0.2) is 60.0 Å². The standard InChI is InChI=1S/C35H46N2O3/c1-32-12-9-29-22-28-7-8-30(37(17-19-38-3)18-20-39-4)23-34(28)14-15-35(29,40-34)33(32,2)13-10-31(32)26-6-5-25-11-16-36-24-27(25)21-26/h5-6,9,11,16,21-22,24,30-31H,7-8,10,12-15,17-20,23H2,1-4H3/t30?,31?,32?,33-,34-,35-/m1/s1. The van der Waals surface area contributed by atoms with Crippen LogP contribution in [0.2, 0.25) is 0 Å². The monoisotopic (exact) mass is 542 g/mol. The van der Waals surface area contributed by atoms with Crippen LogP contribution in [0.3, 0.4) is 0 Å². The smallest absolute Gasteiger partial charge is 0.1000 e. The van der Waals surface area contributed by atoms with Crippen LogP contribution in [0, 0.1) is 10.8 Å². The lowest BCUT2D eigenvalue weighted by Crippen LogP contribution is -2.60. The van der Waals surface area contributed by atoms with E-state index in [-0.39, 0.29) is 22.0 Å². The predicted molar refractivity (Wildman–Crippen MR) is 159 cm³/mol. The number of methoxy groups -OCH3 is 2. The van der Waals surface area contributed by atoms with Crippen LogP contribution in [-0.4, -0.2) is 67.7 Å². The minimum atomic E-state index is -0.178. The Kier molecular flexibility index (Phi) is 6.54. The Bertz CT molecular complexity index is 1350. The molecule has 3 unspecified atom stereocenters. The average Bonchev–Trinajstić information content (AvgIpc) is 3.44. The van der Waals surface area contributed by atoms with Crippen molar-refractivity contribution in [2.75, 3.05) is 40.5 Å². The Morgan fingerprint density at radius 3 is 2.62 bits per heavy atom. The number of benzene rings is 1. The van der Waals surface area contributed by atoms with Crippen LogP contribution < -0.4 is 0 Å². The lowest BCUT2D eigenvalue weighted by Gasteiger charge is -2.60. The van der Waals surface area contributed by atoms with Crippen LogP contribution >= 0.6 is 0 Å². The quantitative estimate of drug-likeness (QED) is 0.366. The number of hydrogen-bond acceptors (Lipinski definition) is 5. The summed E-state index contributed by atoms with van der Waals surface area (Å²) in [6, 6.07) is 9.72. The summed E-state index contributed by atoms with van der Waals surface area (Å²) in [5, 5.41) is 2.53. The van der Waals surface area contributed by atoms with E-state index in [1.165, 1.54) is 41.2 Å². The van der Waals surface area contributed by atoms with Gasteiger partial charge in [0.1, 0.15) is 0 Å². The highest BCUT2D eigenvalue weighted by molar-refractivity contribution is 5.82. The van der Waals surface area contributed by atoms with E-state index in [2.05, 4.69) is 60.1 Å². The second kappa shape index (κ2) is 9.76. The maximum absolute atomic E-state index is 7.67. The molecule has 1 aromatic heterocycles. The van der Waals surface area contributed by atoms with E-state index in [0.717, 1.165) is 58.4 Å². The third-order valence-corrected chi connectivity index (χ3v) is 12.3. The summed E-state index contributed by atoms with van der Waals surface area (Å²) in [5.41, 5.74) is 4.49. The molecule has 7 rings (SSSR count). The van der Waals surface area contributed by atoms with Gasteiger partial charge in [0.05, 0.1) is 24.4 Å². The van der Waals surface area contributed by atoms with Crippen LogP contribution in [-0.2, 0) is 14.2 Å². The maximum atomic E-state index is 7.67. The number of rotatable bonds is 8. The summed E-state index contributed by atoms with van der Waals surface area (Å²) in [5.74, 6) is 0.525. The number of aromatic nitrogens is 1. The Morgan fingerprint density at radius 1 is 1.00 bits per heavy atom. The van der Waals surface area contributed by atoms with Crippen LogP contribution in [0.4, 0.5) is 0 Å². The summed E-state index contributed by atoms with van der Waals surface area (Å²) < 4.78 is 18.6. The first-order chi connectivity index (χ1) is 19.4. The molecule has 2 aliphatic heterocycles. The van der Waals surface area contributed by atoms with E-state index < -0.39 is 0 Å². The molecular weight excluding hydrogens is 496 g/mol. The molecule has 0 amide bonds. The molecule has 3 aliphatic carbocycles. The third kappa shape index (κ3) is 3.70. The second-order valence-electron chi connectivity index (χ2n) is 13.7. The molecule has 2 saturated carbocycles. The third-order valence-electron chi connectivity index (χ3n) is 12.3. The molecular formula is C35H46N2O3. The molecule has 214 valence electrons. The van der Waals surface area contributed by atoms with Crippen molar-refractivity contribution < 1.29 is 14.2 Å². The molecule has 3 heterocycles. The van der Waals surface area contributed by atoms with Crippen LogP contribution in [0.1, 0.15) is 76.7 Å². The number of ether oxygens (including phenoxy) is 3. The van der Waals surface area contributed by atoms with Crippen LogP contribution in [0.25, 0.3) is 10.8 Å². The van der Waals surface area contributed by atoms with Gasteiger partial charge in [0.2, 0.25) is 0 Å². The van der Waals surface area contributed by atoms with Crippen molar-refractivity contribution in [1.82, 2.24) is 9.88 Å². The normalized spacial score (nSPS) is 38.1. The van der Waals surface area contributed by atoms with Crippen molar-refractivity contribution in [2.24, 2.45) is 10.8 Å². The summed E-state index contributed by atoms with van der Waals surface area (Å²) >= 11 is 0. The van der Waals surface area contributed by atoms with Gasteiger partial charge in [0.15, 0.2) is 0 Å². The molecule has 5 heteroatoms. The summed E-state index contributed by atoms with van der Waals surface area (Å²) in [7, 11) is 3.61. The van der Waals surface area contributed by atoms with Gasteiger partial charge >= 0.3 is 0 Å². The van der Waals surface area contributed by atoms with Gasteiger partial charge in [-0.2, -0.15) is 0 Å². The van der Waals surface area contributed by atoms with Crippen molar-refractivity contribution in [2.45, 2.75) is 88.4 Å². The van der Waals surface area contributed by atoms with E-state index in [4.69, 9.17) is 14.2 Å². The van der Waals surface area contributed by atoms with Gasteiger partial charge in [-0.05, 0) is 96.9 Å². The first-order valence-corrected chi connectivity index (χ1v) is 15.6. The molecule has 0 N–H and O–H groups in total. The van der Waals surface area contributed by atoms with Gasteiger partial charge in [-0.15, -0.1) is 0 Å². The SMILES string of the molecule is COCCN(CCOC)C1CCC2=CC3=CCC4(C)C(c5ccc6ccncc6c5)CC[C@@]4(C)[C@@]34CC[C@]2(C1)O4. The van der Waals surface area contributed by atoms with Gasteiger partial charge in [-0.3, -0.25) is 9.88 Å². The Balaban J connectivity index is 1.22. The summed E-state index contributed by atoms with van der Waals surface area (Å²) in [6.07, 6.45) is 18.4. The highest BCUT2D eigenvalue weighted by atomic mass is 16.5. The maximum Gasteiger partial charge on any atom is 0.1000 e. The molecule has 1 aromatic carbocycles. The molecule has 40 heavy (non-hydrogen) atoms. The summed E-state index contributed by atoms with van der Waals surface area (Å²) in [4.78, 5) is 7.01. The van der Waals surface area contributed by atoms with E-state index >= 15 is 0 Å². The van der Waals surface area contributed by atoms with Gasteiger partial charge in [-0.1, -0.05) is 38.1 Å². The highest BCUT2D eigenvalue weighted by Gasteiger charge is 2.72. The minimum absolute atomic E-state index is 0.100. The van der Waals surface area contributed by atoms with Crippen molar-refractivity contribution in [3.05, 3.63) is 65.5 Å². The first-order valence-electron chi connectivity index (χ1n) is 15.6. The zero-order chi connectivity index (χ0) is 27.6. The fraction of sp³-hybridized carbons (Fsp3) is 0.629. The lowest BCUT2D eigenvalue weighted by atomic mass is 9.49. The fourth-order valence-electron chi connectivity index (χ4n) is 9.82. The van der Waals surface area contributed by atoms with E-state index in [1.807, 2.05) is 12.4 Å². The average molecular weight is 543 g/mol. The van der Waals surface area contributed by atoms with Gasteiger partial charge in [-0.25, -0.2) is 0 Å². The van der Waals surface area contributed by atoms with Crippen molar-refractivity contribution >= 4 is 10.8 Å². The predicted octanol–water partition coefficient (Wildman–Crippen LogP) is 6.83. The number of allylic oxidation sites excluding steroid dienone is 1. The van der Waals surface area contributed by atoms with E-state index in [9.17, 15) is 0 Å². The molecule has 0 radical (unpaired) electrons. The Labute approximate surface area is 240 Å². The number of nitrogens with zero attached hydrogens (tertiary/aromatic N) is 2. The Hall–Kier alpha value is -2.05. The number of hydrogen-bond donors (Lipinski definition) is 0. The topological polar surface area (TPSA) is 43.8 Å². The number of fused-ring (bicyclic) bond motifs is 2. The van der Waals surface area contributed by atoms with Crippen molar-refractivity contribution in [3.63, 3.8) is 0 Å². The zero-order valence-electron chi connectivity index (χ0n) is 24.9. The Morgan fingerprint density at radius 2 is 1.82 bits per heavy atom. The molecule has 1 saturated heterocycles. The fourth-order valence-corrected chi connectivity index (χ4v) is 9.82. The van der Waals surface area contributed by atoms with Crippen LogP contribution in [0.5, 0.6) is 0 Å². The molecule has 2 bridgehead atoms. The molecule has 2 spiro atoms. The largest absolute Gasteiger partial charge is 0.383 e. The minimum Gasteiger partial charge on any atom is -0.383 e. The van der Waals surface area contributed by atoms with Gasteiger partial charge in [0.25, 0.3) is 0 Å². The second-order valence-corrected chi connectivity index (χ2v) is 13.7. The molecule has 2 aromatic rings. The lowest BCUT2D eigenvalue weighted by molar-refractivity contribution is -0.180. The molecule has 5 nitrogen and oxygen atoms in total. The summed E-state index contributed by atoms with van der Waals surface area (Å²) in [6.45, 7) is 8.59. The van der Waals surface area contributed by atoms with Gasteiger partial charge in [0, 0.05) is 56.5 Å². The molecule has 5 aliphatic rings. The van der Waals surface area contributed by atoms with Crippen molar-refractivity contribution in [1.29, 1.82) is 0 Å². The zero-order valence-corrected chi connectivity index (χ0v) is 24.9. The van der Waals surface area contributed by atoms with Gasteiger partial charge < -0.3 is 14.2 Å². The van der Waals surface area contributed by atoms with Crippen molar-refractivity contribution in [3.8, 4) is 0 Å². The highest BCUT2D eigenvalue weighted by Crippen LogP contribution is 2.75. The molecule has 3 fully saturated rings. The van der Waals surface area contributed by atoms with E-state index in [0.29, 0.717) is 12.0 Å². The van der Waals surface area contributed by atoms with E-state index in [1.54, 1.807) is 19.8 Å². The first kappa shape index (κ1) is 26.8. The molecule has 6 atom stereocenters.